The minimum absolute atomic E-state index is 0.200. The SMILES string of the molecule is COc1cc(Cl)ccc1C(=O)NNC(=O)CCc1ccco1. The molecule has 116 valence electrons. The maximum Gasteiger partial charge on any atom is 0.273 e. The number of carbonyl (C=O) groups is 2. The van der Waals surface area contributed by atoms with Crippen LogP contribution in [-0.4, -0.2) is 18.9 Å². The van der Waals surface area contributed by atoms with Gasteiger partial charge in [-0.3, -0.25) is 20.4 Å². The normalized spacial score (nSPS) is 10.1. The second-order valence-electron chi connectivity index (χ2n) is 4.43. The summed E-state index contributed by atoms with van der Waals surface area (Å²) in [5.74, 6) is 0.230. The summed E-state index contributed by atoms with van der Waals surface area (Å²) >= 11 is 5.83. The Kier molecular flexibility index (Phi) is 5.43. The van der Waals surface area contributed by atoms with Crippen LogP contribution >= 0.6 is 11.6 Å². The topological polar surface area (TPSA) is 80.6 Å². The van der Waals surface area contributed by atoms with Crippen LogP contribution in [0.4, 0.5) is 0 Å². The van der Waals surface area contributed by atoms with Gasteiger partial charge in [0.1, 0.15) is 11.5 Å². The largest absolute Gasteiger partial charge is 0.496 e. The van der Waals surface area contributed by atoms with Gasteiger partial charge in [0.15, 0.2) is 0 Å². The first-order valence-electron chi connectivity index (χ1n) is 6.55. The molecule has 0 spiro atoms. The molecule has 6 nitrogen and oxygen atoms in total. The molecule has 1 aromatic carbocycles. The Balaban J connectivity index is 1.85. The summed E-state index contributed by atoms with van der Waals surface area (Å²) in [6.07, 6.45) is 2.20. The first-order chi connectivity index (χ1) is 10.6. The molecule has 0 unspecified atom stereocenters. The summed E-state index contributed by atoms with van der Waals surface area (Å²) in [5, 5.41) is 0.455. The first-order valence-corrected chi connectivity index (χ1v) is 6.93. The molecule has 0 saturated carbocycles. The molecule has 1 aromatic heterocycles. The maximum absolute atomic E-state index is 12.0. The maximum atomic E-state index is 12.0. The van der Waals surface area contributed by atoms with Gasteiger partial charge < -0.3 is 9.15 Å². The number of amides is 2. The fraction of sp³-hybridized carbons (Fsp3) is 0.200. The van der Waals surface area contributed by atoms with Crippen LogP contribution in [0.2, 0.25) is 5.02 Å². The summed E-state index contributed by atoms with van der Waals surface area (Å²) in [5.41, 5.74) is 4.95. The van der Waals surface area contributed by atoms with E-state index in [4.69, 9.17) is 20.8 Å². The highest BCUT2D eigenvalue weighted by Crippen LogP contribution is 2.22. The number of carbonyl (C=O) groups excluding carboxylic acids is 2. The lowest BCUT2D eigenvalue weighted by atomic mass is 10.2. The average Bonchev–Trinajstić information content (AvgIpc) is 3.03. The van der Waals surface area contributed by atoms with Gasteiger partial charge in [-0.05, 0) is 30.3 Å². The fourth-order valence-corrected chi connectivity index (χ4v) is 1.96. The minimum atomic E-state index is -0.486. The second kappa shape index (κ2) is 7.51. The zero-order valence-electron chi connectivity index (χ0n) is 11.9. The van der Waals surface area contributed by atoms with Crippen LogP contribution in [0, 0.1) is 0 Å². The van der Waals surface area contributed by atoms with Gasteiger partial charge in [0, 0.05) is 17.9 Å². The lowest BCUT2D eigenvalue weighted by Crippen LogP contribution is -2.41. The fourth-order valence-electron chi connectivity index (χ4n) is 1.80. The van der Waals surface area contributed by atoms with Crippen LogP contribution in [0.15, 0.2) is 41.0 Å². The van der Waals surface area contributed by atoms with E-state index in [0.717, 1.165) is 0 Å². The molecule has 7 heteroatoms. The van der Waals surface area contributed by atoms with E-state index in [1.807, 2.05) is 0 Å². The number of halogens is 1. The molecule has 0 radical (unpaired) electrons. The zero-order chi connectivity index (χ0) is 15.9. The zero-order valence-corrected chi connectivity index (χ0v) is 12.6. The van der Waals surface area contributed by atoms with E-state index in [2.05, 4.69) is 10.9 Å². The third-order valence-corrected chi connectivity index (χ3v) is 3.14. The number of rotatable bonds is 5. The molecule has 2 rings (SSSR count). The third-order valence-electron chi connectivity index (χ3n) is 2.90. The lowest BCUT2D eigenvalue weighted by molar-refractivity contribution is -0.121. The van der Waals surface area contributed by atoms with Crippen molar-refractivity contribution in [3.63, 3.8) is 0 Å². The molecule has 0 aliphatic heterocycles. The molecule has 2 aromatic rings. The van der Waals surface area contributed by atoms with Crippen molar-refractivity contribution in [3.05, 3.63) is 52.9 Å². The highest BCUT2D eigenvalue weighted by atomic mass is 35.5. The van der Waals surface area contributed by atoms with E-state index < -0.39 is 5.91 Å². The van der Waals surface area contributed by atoms with E-state index in [1.54, 1.807) is 24.5 Å². The van der Waals surface area contributed by atoms with E-state index in [1.165, 1.54) is 19.2 Å². The average molecular weight is 323 g/mol. The highest BCUT2D eigenvalue weighted by Gasteiger charge is 2.13. The number of ether oxygens (including phenoxy) is 1. The van der Waals surface area contributed by atoms with Crippen LogP contribution in [-0.2, 0) is 11.2 Å². The minimum Gasteiger partial charge on any atom is -0.496 e. The third kappa shape index (κ3) is 4.26. The van der Waals surface area contributed by atoms with Crippen molar-refractivity contribution in [2.24, 2.45) is 0 Å². The Morgan fingerprint density at radius 2 is 2.09 bits per heavy atom. The highest BCUT2D eigenvalue weighted by molar-refractivity contribution is 6.30. The molecule has 22 heavy (non-hydrogen) atoms. The molecule has 0 atom stereocenters. The Hall–Kier alpha value is -2.47. The summed E-state index contributed by atoms with van der Waals surface area (Å²) in [4.78, 5) is 23.7. The van der Waals surface area contributed by atoms with Crippen LogP contribution in [0.25, 0.3) is 0 Å². The number of hydrogen-bond acceptors (Lipinski definition) is 4. The summed E-state index contributed by atoms with van der Waals surface area (Å²) < 4.78 is 10.2. The Morgan fingerprint density at radius 1 is 1.27 bits per heavy atom. The van der Waals surface area contributed by atoms with Crippen molar-refractivity contribution in [1.82, 2.24) is 10.9 Å². The molecule has 0 fully saturated rings. The van der Waals surface area contributed by atoms with Crippen molar-refractivity contribution in [3.8, 4) is 5.75 Å². The van der Waals surface area contributed by atoms with Crippen LogP contribution in [0.1, 0.15) is 22.5 Å². The van der Waals surface area contributed by atoms with Crippen molar-refractivity contribution in [2.45, 2.75) is 12.8 Å². The van der Waals surface area contributed by atoms with Crippen molar-refractivity contribution in [1.29, 1.82) is 0 Å². The quantitative estimate of drug-likeness (QED) is 0.828. The Labute approximate surface area is 132 Å². The van der Waals surface area contributed by atoms with Gasteiger partial charge in [0.2, 0.25) is 5.91 Å². The van der Waals surface area contributed by atoms with Gasteiger partial charge in [-0.15, -0.1) is 0 Å². The van der Waals surface area contributed by atoms with Gasteiger partial charge in [0.25, 0.3) is 5.91 Å². The number of methoxy groups -OCH3 is 1. The monoisotopic (exact) mass is 322 g/mol. The first kappa shape index (κ1) is 15.9. The second-order valence-corrected chi connectivity index (χ2v) is 4.86. The molecule has 0 aliphatic carbocycles. The summed E-state index contributed by atoms with van der Waals surface area (Å²) in [7, 11) is 1.43. The van der Waals surface area contributed by atoms with Crippen LogP contribution in [0.3, 0.4) is 0 Å². The van der Waals surface area contributed by atoms with Crippen molar-refractivity contribution >= 4 is 23.4 Å². The summed E-state index contributed by atoms with van der Waals surface area (Å²) in [6, 6.07) is 8.14. The van der Waals surface area contributed by atoms with Gasteiger partial charge in [0.05, 0.1) is 18.9 Å². The standard InChI is InChI=1S/C15H15ClN2O4/c1-21-13-9-10(16)4-6-12(13)15(20)18-17-14(19)7-5-11-3-2-8-22-11/h2-4,6,8-9H,5,7H2,1H3,(H,17,19)(H,18,20). The number of aryl methyl sites for hydroxylation is 1. The summed E-state index contributed by atoms with van der Waals surface area (Å²) in [6.45, 7) is 0. The molecule has 1 heterocycles. The van der Waals surface area contributed by atoms with Crippen molar-refractivity contribution in [2.75, 3.05) is 7.11 Å². The molecule has 0 aliphatic rings. The van der Waals surface area contributed by atoms with Crippen LogP contribution < -0.4 is 15.6 Å². The molecular weight excluding hydrogens is 308 g/mol. The molecule has 2 amide bonds. The van der Waals surface area contributed by atoms with Gasteiger partial charge in [-0.2, -0.15) is 0 Å². The number of nitrogens with one attached hydrogen (secondary N) is 2. The smallest absolute Gasteiger partial charge is 0.273 e. The van der Waals surface area contributed by atoms with Gasteiger partial charge >= 0.3 is 0 Å². The van der Waals surface area contributed by atoms with E-state index in [0.29, 0.717) is 23.0 Å². The van der Waals surface area contributed by atoms with E-state index in [9.17, 15) is 9.59 Å². The number of hydrazine groups is 1. The van der Waals surface area contributed by atoms with E-state index >= 15 is 0 Å². The predicted molar refractivity (Wildman–Crippen MR) is 80.6 cm³/mol. The van der Waals surface area contributed by atoms with Gasteiger partial charge in [-0.1, -0.05) is 11.6 Å². The predicted octanol–water partition coefficient (Wildman–Crippen LogP) is 2.34. The molecule has 0 saturated heterocycles. The van der Waals surface area contributed by atoms with Gasteiger partial charge in [-0.25, -0.2) is 0 Å². The lowest BCUT2D eigenvalue weighted by Gasteiger charge is -2.10. The molecular formula is C15H15ClN2O4. The molecule has 0 bridgehead atoms. The van der Waals surface area contributed by atoms with Crippen molar-refractivity contribution < 1.29 is 18.7 Å². The van der Waals surface area contributed by atoms with Crippen LogP contribution in [0.5, 0.6) is 5.75 Å². The Morgan fingerprint density at radius 3 is 2.77 bits per heavy atom. The van der Waals surface area contributed by atoms with E-state index in [-0.39, 0.29) is 17.9 Å². The molecule has 2 N–H and O–H groups in total. The number of furan rings is 1. The Bertz CT molecular complexity index is 656. The number of hydrogen-bond donors (Lipinski definition) is 2. The number of benzene rings is 1.